The number of likely N-dealkylation sites (N-methyl/N-ethyl adjacent to an activating group) is 2. The molecule has 0 aliphatic heterocycles. The molecule has 9 nitrogen and oxygen atoms in total. The summed E-state index contributed by atoms with van der Waals surface area (Å²) in [5.74, 6) is -3.86. The average molecular weight is 506 g/mol. The average Bonchev–Trinajstić information content (AvgIpc) is 2.74. The molecule has 0 amide bonds. The van der Waals surface area contributed by atoms with E-state index in [9.17, 15) is 31.5 Å². The zero-order valence-electron chi connectivity index (χ0n) is 18.7. The molecule has 0 saturated heterocycles. The molecule has 0 heterocycles. The molecule has 0 aliphatic rings. The molecule has 34 heavy (non-hydrogen) atoms. The minimum Gasteiger partial charge on any atom is -0.478 e. The molecule has 0 saturated carbocycles. The Hall–Kier alpha value is -3.32. The summed E-state index contributed by atoms with van der Waals surface area (Å²) in [5.41, 5.74) is 0.835. The molecule has 0 spiro atoms. The topological polar surface area (TPSA) is 127 Å². The third kappa shape index (κ3) is 8.90. The summed E-state index contributed by atoms with van der Waals surface area (Å²) < 4.78 is 59.1. The van der Waals surface area contributed by atoms with Crippen LogP contribution in [-0.4, -0.2) is 75.4 Å². The fraction of sp³-hybridized carbons (Fsp3) is 0.333. The molecule has 3 N–H and O–H groups in total. The van der Waals surface area contributed by atoms with Gasteiger partial charge in [-0.15, -0.1) is 0 Å². The van der Waals surface area contributed by atoms with Crippen LogP contribution in [0.2, 0.25) is 0 Å². The number of hydrogen-bond donors (Lipinski definition) is 3. The van der Waals surface area contributed by atoms with Crippen molar-refractivity contribution in [1.29, 1.82) is 0 Å². The van der Waals surface area contributed by atoms with Crippen molar-refractivity contribution in [3.8, 4) is 0 Å². The van der Waals surface area contributed by atoms with Crippen LogP contribution in [0.4, 0.5) is 24.5 Å². The SMILES string of the molecule is CCN(CCN(C)C)c1ccc(NS(=O)(=O)c2ccccc2)cc1C(=O)O.O=C(O)C(F)(F)F. The Morgan fingerprint density at radius 1 is 1.00 bits per heavy atom. The van der Waals surface area contributed by atoms with Gasteiger partial charge in [0.05, 0.1) is 16.1 Å². The molecule has 2 rings (SSSR count). The van der Waals surface area contributed by atoms with E-state index in [1.54, 1.807) is 30.3 Å². The fourth-order valence-corrected chi connectivity index (χ4v) is 3.70. The van der Waals surface area contributed by atoms with Gasteiger partial charge in [-0.1, -0.05) is 18.2 Å². The van der Waals surface area contributed by atoms with E-state index >= 15 is 0 Å². The molecule has 2 aromatic rings. The number of benzene rings is 2. The van der Waals surface area contributed by atoms with E-state index in [2.05, 4.69) is 4.72 Å². The van der Waals surface area contributed by atoms with E-state index in [-0.39, 0.29) is 16.1 Å². The lowest BCUT2D eigenvalue weighted by molar-refractivity contribution is -0.192. The summed E-state index contributed by atoms with van der Waals surface area (Å²) >= 11 is 0. The maximum atomic E-state index is 12.5. The first-order valence-corrected chi connectivity index (χ1v) is 11.3. The maximum Gasteiger partial charge on any atom is 0.490 e. The van der Waals surface area contributed by atoms with E-state index < -0.39 is 28.1 Å². The Balaban J connectivity index is 0.000000718. The molecule has 0 aliphatic carbocycles. The Morgan fingerprint density at radius 3 is 2.00 bits per heavy atom. The molecule has 0 radical (unpaired) electrons. The first kappa shape index (κ1) is 28.7. The monoisotopic (exact) mass is 505 g/mol. The van der Waals surface area contributed by atoms with E-state index in [4.69, 9.17) is 9.90 Å². The van der Waals surface area contributed by atoms with Crippen LogP contribution >= 0.6 is 0 Å². The van der Waals surface area contributed by atoms with Crippen LogP contribution in [0.5, 0.6) is 0 Å². The predicted molar refractivity (Wildman–Crippen MR) is 121 cm³/mol. The quantitative estimate of drug-likeness (QED) is 0.474. The van der Waals surface area contributed by atoms with Gasteiger partial charge in [0.25, 0.3) is 10.0 Å². The van der Waals surface area contributed by atoms with Crippen molar-refractivity contribution < 1.29 is 41.4 Å². The van der Waals surface area contributed by atoms with Gasteiger partial charge in [-0.05, 0) is 51.4 Å². The molecule has 13 heteroatoms. The maximum absolute atomic E-state index is 12.5. The van der Waals surface area contributed by atoms with Gasteiger partial charge in [0, 0.05) is 25.3 Å². The minimum atomic E-state index is -5.08. The Kier molecular flexibility index (Phi) is 10.3. The summed E-state index contributed by atoms with van der Waals surface area (Å²) in [7, 11) is 0.124. The van der Waals surface area contributed by atoms with Crippen molar-refractivity contribution in [3.63, 3.8) is 0 Å². The zero-order valence-corrected chi connectivity index (χ0v) is 19.5. The standard InChI is InChI=1S/C19H25N3O4S.C2HF3O2/c1-4-22(13-12-21(2)3)18-11-10-15(14-17(18)19(23)24)20-27(25,26)16-8-6-5-7-9-16;3-2(4,5)1(6)7/h5-11,14,20H,4,12-13H2,1-3H3,(H,23,24);(H,6,7). The molecule has 0 unspecified atom stereocenters. The van der Waals surface area contributed by atoms with Gasteiger partial charge < -0.3 is 20.0 Å². The molecule has 188 valence electrons. The molecular formula is C21H26F3N3O6S. The Morgan fingerprint density at radius 2 is 1.56 bits per heavy atom. The summed E-state index contributed by atoms with van der Waals surface area (Å²) in [4.78, 5) is 24.7. The number of halogens is 3. The number of carboxylic acids is 2. The highest BCUT2D eigenvalue weighted by Gasteiger charge is 2.38. The molecule has 0 atom stereocenters. The van der Waals surface area contributed by atoms with E-state index in [0.29, 0.717) is 18.8 Å². The number of aromatic carboxylic acids is 1. The van der Waals surface area contributed by atoms with Gasteiger partial charge in [0.15, 0.2) is 0 Å². The number of nitrogens with one attached hydrogen (secondary N) is 1. The van der Waals surface area contributed by atoms with Crippen LogP contribution in [0.15, 0.2) is 53.4 Å². The van der Waals surface area contributed by atoms with Gasteiger partial charge in [-0.3, -0.25) is 4.72 Å². The van der Waals surface area contributed by atoms with E-state index in [0.717, 1.165) is 6.54 Å². The van der Waals surface area contributed by atoms with Crippen molar-refractivity contribution >= 4 is 33.3 Å². The highest BCUT2D eigenvalue weighted by molar-refractivity contribution is 7.92. The molecule has 0 bridgehead atoms. The zero-order chi connectivity index (χ0) is 26.1. The van der Waals surface area contributed by atoms with Crippen LogP contribution in [0, 0.1) is 0 Å². The number of hydrogen-bond acceptors (Lipinski definition) is 6. The van der Waals surface area contributed by atoms with Crippen LogP contribution in [0.1, 0.15) is 17.3 Å². The van der Waals surface area contributed by atoms with Crippen molar-refractivity contribution in [2.75, 3.05) is 43.4 Å². The fourth-order valence-electron chi connectivity index (χ4n) is 2.63. The molecule has 0 aromatic heterocycles. The van der Waals surface area contributed by atoms with E-state index in [1.165, 1.54) is 18.2 Å². The summed E-state index contributed by atoms with van der Waals surface area (Å²) in [6.07, 6.45) is -5.08. The van der Waals surface area contributed by atoms with Crippen LogP contribution in [-0.2, 0) is 14.8 Å². The van der Waals surface area contributed by atoms with Gasteiger partial charge in [-0.2, -0.15) is 13.2 Å². The third-order valence-electron chi connectivity index (χ3n) is 4.31. The smallest absolute Gasteiger partial charge is 0.478 e. The van der Waals surface area contributed by atoms with Gasteiger partial charge in [-0.25, -0.2) is 18.0 Å². The minimum absolute atomic E-state index is 0.0591. The second kappa shape index (κ2) is 12.2. The number of carboxylic acid groups (broad SMARTS) is 2. The van der Waals surface area contributed by atoms with Crippen LogP contribution in [0.25, 0.3) is 0 Å². The van der Waals surface area contributed by atoms with Crippen molar-refractivity contribution in [2.45, 2.75) is 18.0 Å². The lowest BCUT2D eigenvalue weighted by atomic mass is 10.1. The van der Waals surface area contributed by atoms with Gasteiger partial charge >= 0.3 is 18.1 Å². The largest absolute Gasteiger partial charge is 0.490 e. The number of sulfonamides is 1. The van der Waals surface area contributed by atoms with Gasteiger partial charge in [0.1, 0.15) is 0 Å². The Bertz CT molecular complexity index is 1080. The number of nitrogens with zero attached hydrogens (tertiary/aromatic N) is 2. The lowest BCUT2D eigenvalue weighted by Crippen LogP contribution is -2.32. The number of rotatable bonds is 9. The highest BCUT2D eigenvalue weighted by atomic mass is 32.2. The number of aliphatic carboxylic acids is 1. The lowest BCUT2D eigenvalue weighted by Gasteiger charge is -2.26. The first-order chi connectivity index (χ1) is 15.7. The number of anilines is 2. The summed E-state index contributed by atoms with van der Waals surface area (Å²) in [5, 5.41) is 16.7. The third-order valence-corrected chi connectivity index (χ3v) is 5.71. The summed E-state index contributed by atoms with van der Waals surface area (Å²) in [6, 6.07) is 12.5. The van der Waals surface area contributed by atoms with Crippen molar-refractivity contribution in [3.05, 3.63) is 54.1 Å². The summed E-state index contributed by atoms with van der Waals surface area (Å²) in [6.45, 7) is 4.03. The highest BCUT2D eigenvalue weighted by Crippen LogP contribution is 2.26. The normalized spacial score (nSPS) is 11.4. The molecule has 2 aromatic carbocycles. The van der Waals surface area contributed by atoms with Crippen molar-refractivity contribution in [1.82, 2.24) is 4.90 Å². The second-order valence-corrected chi connectivity index (χ2v) is 8.82. The van der Waals surface area contributed by atoms with Crippen LogP contribution < -0.4 is 9.62 Å². The Labute approximate surface area is 195 Å². The van der Waals surface area contributed by atoms with E-state index in [1.807, 2.05) is 30.8 Å². The van der Waals surface area contributed by atoms with Crippen LogP contribution in [0.3, 0.4) is 0 Å². The number of alkyl halides is 3. The van der Waals surface area contributed by atoms with Gasteiger partial charge in [0.2, 0.25) is 0 Å². The second-order valence-electron chi connectivity index (χ2n) is 7.14. The predicted octanol–water partition coefficient (Wildman–Crippen LogP) is 3.21. The van der Waals surface area contributed by atoms with Crippen molar-refractivity contribution in [2.24, 2.45) is 0 Å². The molecule has 0 fully saturated rings. The first-order valence-electron chi connectivity index (χ1n) is 9.84. The number of carbonyl (C=O) groups is 2. The molecular weight excluding hydrogens is 479 g/mol.